The number of carbonyl (C=O) groups is 1. The van der Waals surface area contributed by atoms with E-state index in [1.165, 1.54) is 0 Å². The fourth-order valence-corrected chi connectivity index (χ4v) is 1.85. The van der Waals surface area contributed by atoms with E-state index in [4.69, 9.17) is 4.74 Å². The number of rotatable bonds is 3. The van der Waals surface area contributed by atoms with Crippen LogP contribution >= 0.6 is 0 Å². The first kappa shape index (κ1) is 15.6. The average Bonchev–Trinajstić information content (AvgIpc) is 2.52. The number of hydrogen-bond donors (Lipinski definition) is 1. The van der Waals surface area contributed by atoms with Gasteiger partial charge in [0.15, 0.2) is 0 Å². The first-order valence-corrected chi connectivity index (χ1v) is 7.03. The standard InChI is InChI=1S/C18H18N2O2/c1-14-10-11-17(15(2)20-14)9-6-12-19-18(21)22-13-16-7-4-3-5-8-16/h3-5,7-8,10-11H,12-13H2,1-2H3,(H,19,21). The monoisotopic (exact) mass is 294 g/mol. The molecule has 0 aliphatic heterocycles. The van der Waals surface area contributed by atoms with Crippen molar-refractivity contribution in [1.82, 2.24) is 10.3 Å². The lowest BCUT2D eigenvalue weighted by Gasteiger charge is -2.04. The van der Waals surface area contributed by atoms with Gasteiger partial charge < -0.3 is 10.1 Å². The van der Waals surface area contributed by atoms with Gasteiger partial charge in [-0.15, -0.1) is 0 Å². The summed E-state index contributed by atoms with van der Waals surface area (Å²) in [6.07, 6.45) is -0.475. The highest BCUT2D eigenvalue weighted by Crippen LogP contribution is 2.04. The Morgan fingerprint density at radius 3 is 2.68 bits per heavy atom. The van der Waals surface area contributed by atoms with E-state index in [9.17, 15) is 4.79 Å². The Morgan fingerprint density at radius 2 is 1.95 bits per heavy atom. The van der Waals surface area contributed by atoms with Gasteiger partial charge in [0.2, 0.25) is 0 Å². The summed E-state index contributed by atoms with van der Waals surface area (Å²) >= 11 is 0. The molecule has 1 heterocycles. The van der Waals surface area contributed by atoms with Gasteiger partial charge in [-0.25, -0.2) is 4.79 Å². The summed E-state index contributed by atoms with van der Waals surface area (Å²) in [5, 5.41) is 2.60. The van der Waals surface area contributed by atoms with Crippen LogP contribution in [0.25, 0.3) is 0 Å². The van der Waals surface area contributed by atoms with Crippen LogP contribution in [-0.4, -0.2) is 17.6 Å². The van der Waals surface area contributed by atoms with Crippen molar-refractivity contribution >= 4 is 6.09 Å². The van der Waals surface area contributed by atoms with Crippen LogP contribution in [0.1, 0.15) is 22.5 Å². The van der Waals surface area contributed by atoms with E-state index in [-0.39, 0.29) is 13.2 Å². The maximum atomic E-state index is 11.5. The van der Waals surface area contributed by atoms with Gasteiger partial charge in [-0.1, -0.05) is 42.2 Å². The molecule has 112 valence electrons. The summed E-state index contributed by atoms with van der Waals surface area (Å²) in [6, 6.07) is 13.4. The number of benzene rings is 1. The Labute approximate surface area is 130 Å². The minimum Gasteiger partial charge on any atom is -0.445 e. The fourth-order valence-electron chi connectivity index (χ4n) is 1.85. The number of pyridine rings is 1. The third-order valence-corrected chi connectivity index (χ3v) is 2.98. The van der Waals surface area contributed by atoms with E-state index < -0.39 is 6.09 Å². The molecule has 0 saturated carbocycles. The predicted molar refractivity (Wildman–Crippen MR) is 85.2 cm³/mol. The smallest absolute Gasteiger partial charge is 0.408 e. The van der Waals surface area contributed by atoms with E-state index in [1.54, 1.807) is 0 Å². The molecule has 0 atom stereocenters. The van der Waals surface area contributed by atoms with Crippen molar-refractivity contribution in [3.05, 3.63) is 65.0 Å². The zero-order valence-electron chi connectivity index (χ0n) is 12.7. The molecule has 0 bridgehead atoms. The summed E-state index contributed by atoms with van der Waals surface area (Å²) in [4.78, 5) is 15.9. The van der Waals surface area contributed by atoms with Crippen LogP contribution < -0.4 is 5.32 Å². The van der Waals surface area contributed by atoms with Gasteiger partial charge in [-0.05, 0) is 31.5 Å². The van der Waals surface area contributed by atoms with Crippen LogP contribution in [0.4, 0.5) is 4.79 Å². The molecule has 1 N–H and O–H groups in total. The first-order chi connectivity index (χ1) is 10.6. The summed E-state index contributed by atoms with van der Waals surface area (Å²) in [6.45, 7) is 4.34. The summed E-state index contributed by atoms with van der Waals surface area (Å²) in [7, 11) is 0. The van der Waals surface area contributed by atoms with Gasteiger partial charge in [-0.3, -0.25) is 4.98 Å². The van der Waals surface area contributed by atoms with E-state index in [1.807, 2.05) is 56.3 Å². The highest BCUT2D eigenvalue weighted by molar-refractivity contribution is 5.67. The fraction of sp³-hybridized carbons (Fsp3) is 0.222. The molecular formula is C18H18N2O2. The topological polar surface area (TPSA) is 51.2 Å². The van der Waals surface area contributed by atoms with Gasteiger partial charge in [0.25, 0.3) is 0 Å². The second-order valence-electron chi connectivity index (χ2n) is 4.80. The molecule has 0 aliphatic rings. The molecule has 22 heavy (non-hydrogen) atoms. The van der Waals surface area contributed by atoms with Crippen LogP contribution in [-0.2, 0) is 11.3 Å². The molecule has 0 aliphatic carbocycles. The Kier molecular flexibility index (Phi) is 5.56. The number of nitrogens with zero attached hydrogens (tertiary/aromatic N) is 1. The minimum atomic E-state index is -0.475. The summed E-state index contributed by atoms with van der Waals surface area (Å²) in [5.74, 6) is 5.88. The molecule has 0 spiro atoms. The Balaban J connectivity index is 1.76. The molecule has 2 rings (SSSR count). The van der Waals surface area contributed by atoms with Gasteiger partial charge in [0.1, 0.15) is 6.61 Å². The number of nitrogens with one attached hydrogen (secondary N) is 1. The number of aryl methyl sites for hydroxylation is 2. The van der Waals surface area contributed by atoms with Crippen LogP contribution in [0.3, 0.4) is 0 Å². The first-order valence-electron chi connectivity index (χ1n) is 7.03. The highest BCUT2D eigenvalue weighted by Gasteiger charge is 2.00. The van der Waals surface area contributed by atoms with Gasteiger partial charge in [0, 0.05) is 11.3 Å². The molecule has 2 aromatic rings. The van der Waals surface area contributed by atoms with Crippen molar-refractivity contribution in [3.8, 4) is 11.8 Å². The SMILES string of the molecule is Cc1ccc(C#CCNC(=O)OCc2ccccc2)c(C)n1. The molecule has 0 radical (unpaired) electrons. The Bertz CT molecular complexity index is 700. The van der Waals surface area contributed by atoms with Crippen molar-refractivity contribution in [3.63, 3.8) is 0 Å². The Morgan fingerprint density at radius 1 is 1.18 bits per heavy atom. The lowest BCUT2D eigenvalue weighted by atomic mass is 10.2. The number of alkyl carbamates (subject to hydrolysis) is 1. The van der Waals surface area contributed by atoms with Crippen molar-refractivity contribution in [2.24, 2.45) is 0 Å². The quantitative estimate of drug-likeness (QED) is 0.885. The zero-order valence-corrected chi connectivity index (χ0v) is 12.7. The third kappa shape index (κ3) is 4.95. The molecule has 1 amide bonds. The number of carbonyl (C=O) groups excluding carboxylic acids is 1. The van der Waals surface area contributed by atoms with Gasteiger partial charge >= 0.3 is 6.09 Å². The van der Waals surface area contributed by atoms with Crippen LogP contribution in [0, 0.1) is 25.7 Å². The van der Waals surface area contributed by atoms with E-state index >= 15 is 0 Å². The molecule has 4 nitrogen and oxygen atoms in total. The largest absolute Gasteiger partial charge is 0.445 e. The van der Waals surface area contributed by atoms with Crippen molar-refractivity contribution in [2.45, 2.75) is 20.5 Å². The van der Waals surface area contributed by atoms with Gasteiger partial charge in [0.05, 0.1) is 12.2 Å². The van der Waals surface area contributed by atoms with Gasteiger partial charge in [-0.2, -0.15) is 0 Å². The average molecular weight is 294 g/mol. The van der Waals surface area contributed by atoms with Crippen molar-refractivity contribution in [2.75, 3.05) is 6.54 Å². The van der Waals surface area contributed by atoms with Crippen molar-refractivity contribution in [1.29, 1.82) is 0 Å². The van der Waals surface area contributed by atoms with E-state index in [2.05, 4.69) is 22.1 Å². The van der Waals surface area contributed by atoms with E-state index in [0.717, 1.165) is 22.5 Å². The molecule has 4 heteroatoms. The lowest BCUT2D eigenvalue weighted by molar-refractivity contribution is 0.141. The van der Waals surface area contributed by atoms with E-state index in [0.29, 0.717) is 0 Å². The normalized spacial score (nSPS) is 9.55. The second kappa shape index (κ2) is 7.84. The molecule has 0 unspecified atom stereocenters. The van der Waals surface area contributed by atoms with Crippen LogP contribution in [0.5, 0.6) is 0 Å². The Hall–Kier alpha value is -2.80. The zero-order chi connectivity index (χ0) is 15.8. The molecule has 0 saturated heterocycles. The highest BCUT2D eigenvalue weighted by atomic mass is 16.5. The minimum absolute atomic E-state index is 0.237. The summed E-state index contributed by atoms with van der Waals surface area (Å²) < 4.78 is 5.09. The van der Waals surface area contributed by atoms with Crippen LogP contribution in [0.2, 0.25) is 0 Å². The molecule has 1 aromatic carbocycles. The predicted octanol–water partition coefficient (Wildman–Crippen LogP) is 2.98. The molecule has 0 fully saturated rings. The second-order valence-corrected chi connectivity index (χ2v) is 4.80. The molecular weight excluding hydrogens is 276 g/mol. The van der Waals surface area contributed by atoms with Crippen LogP contribution in [0.15, 0.2) is 42.5 Å². The number of ether oxygens (including phenoxy) is 1. The lowest BCUT2D eigenvalue weighted by Crippen LogP contribution is -2.24. The number of amides is 1. The third-order valence-electron chi connectivity index (χ3n) is 2.98. The maximum absolute atomic E-state index is 11.5. The number of aromatic nitrogens is 1. The maximum Gasteiger partial charge on any atom is 0.408 e. The number of hydrogen-bond acceptors (Lipinski definition) is 3. The molecule has 1 aromatic heterocycles. The van der Waals surface area contributed by atoms with Crippen molar-refractivity contribution < 1.29 is 9.53 Å². The summed E-state index contributed by atoms with van der Waals surface area (Å²) in [5.41, 5.74) is 3.67.